The summed E-state index contributed by atoms with van der Waals surface area (Å²) in [5, 5.41) is 0.723. The van der Waals surface area contributed by atoms with Gasteiger partial charge in [-0.15, -0.1) is 0 Å². The first-order valence-corrected chi connectivity index (χ1v) is 6.27. The van der Waals surface area contributed by atoms with E-state index in [2.05, 4.69) is 4.98 Å². The van der Waals surface area contributed by atoms with Crippen molar-refractivity contribution in [2.45, 2.75) is 19.3 Å². The minimum absolute atomic E-state index is 0.234. The van der Waals surface area contributed by atoms with Gasteiger partial charge in [-0.2, -0.15) is 0 Å². The van der Waals surface area contributed by atoms with Crippen molar-refractivity contribution in [1.82, 2.24) is 4.98 Å². The third-order valence-electron chi connectivity index (χ3n) is 2.73. The summed E-state index contributed by atoms with van der Waals surface area (Å²) < 4.78 is 0. The van der Waals surface area contributed by atoms with Gasteiger partial charge in [0.2, 0.25) is 0 Å². The first kappa shape index (κ1) is 12.8. The third-order valence-corrected chi connectivity index (χ3v) is 2.98. The maximum Gasteiger partial charge on any atom is 0.137 e. The molecule has 0 saturated heterocycles. The van der Waals surface area contributed by atoms with Crippen LogP contribution in [0.1, 0.15) is 17.5 Å². The van der Waals surface area contributed by atoms with Gasteiger partial charge < -0.3 is 0 Å². The SMILES string of the molecule is O=C(CCc1ccc(Cl)cc1)Cc1cccnc1. The van der Waals surface area contributed by atoms with E-state index in [1.807, 2.05) is 36.4 Å². The van der Waals surface area contributed by atoms with Crippen LogP contribution in [0, 0.1) is 0 Å². The molecule has 1 aromatic heterocycles. The summed E-state index contributed by atoms with van der Waals surface area (Å²) >= 11 is 5.81. The summed E-state index contributed by atoms with van der Waals surface area (Å²) in [6.07, 6.45) is 5.22. The number of ketones is 1. The van der Waals surface area contributed by atoms with Crippen LogP contribution in [0.4, 0.5) is 0 Å². The zero-order valence-corrected chi connectivity index (χ0v) is 10.7. The minimum Gasteiger partial charge on any atom is -0.299 e. The number of carbonyl (C=O) groups excluding carboxylic acids is 1. The van der Waals surface area contributed by atoms with E-state index in [0.717, 1.165) is 22.6 Å². The maximum absolute atomic E-state index is 11.8. The highest BCUT2D eigenvalue weighted by Gasteiger charge is 2.04. The molecule has 2 rings (SSSR count). The molecule has 0 unspecified atom stereocenters. The van der Waals surface area contributed by atoms with E-state index >= 15 is 0 Å². The molecule has 92 valence electrons. The van der Waals surface area contributed by atoms with E-state index < -0.39 is 0 Å². The normalized spacial score (nSPS) is 10.3. The fraction of sp³-hybridized carbons (Fsp3) is 0.200. The lowest BCUT2D eigenvalue weighted by Gasteiger charge is -2.02. The molecular weight excluding hydrogens is 246 g/mol. The number of halogens is 1. The molecule has 3 heteroatoms. The van der Waals surface area contributed by atoms with Crippen molar-refractivity contribution in [1.29, 1.82) is 0 Å². The maximum atomic E-state index is 11.8. The smallest absolute Gasteiger partial charge is 0.137 e. The predicted molar refractivity (Wildman–Crippen MR) is 72.7 cm³/mol. The summed E-state index contributed by atoms with van der Waals surface area (Å²) in [7, 11) is 0. The monoisotopic (exact) mass is 259 g/mol. The van der Waals surface area contributed by atoms with Gasteiger partial charge in [-0.1, -0.05) is 29.8 Å². The molecule has 2 aromatic rings. The van der Waals surface area contributed by atoms with Crippen molar-refractivity contribution in [2.24, 2.45) is 0 Å². The minimum atomic E-state index is 0.234. The molecule has 0 radical (unpaired) electrons. The van der Waals surface area contributed by atoms with E-state index in [1.165, 1.54) is 0 Å². The molecule has 0 spiro atoms. The molecule has 18 heavy (non-hydrogen) atoms. The Labute approximate surface area is 112 Å². The Morgan fingerprint density at radius 3 is 2.56 bits per heavy atom. The van der Waals surface area contributed by atoms with E-state index in [0.29, 0.717) is 12.8 Å². The van der Waals surface area contributed by atoms with Gasteiger partial charge in [-0.25, -0.2) is 0 Å². The molecule has 0 aliphatic rings. The summed E-state index contributed by atoms with van der Waals surface area (Å²) in [5.74, 6) is 0.234. The van der Waals surface area contributed by atoms with Crippen molar-refractivity contribution < 1.29 is 4.79 Å². The van der Waals surface area contributed by atoms with E-state index in [1.54, 1.807) is 12.4 Å². The number of nitrogens with zero attached hydrogens (tertiary/aromatic N) is 1. The summed E-state index contributed by atoms with van der Waals surface area (Å²) in [4.78, 5) is 15.8. The lowest BCUT2D eigenvalue weighted by atomic mass is 10.0. The standard InChI is InChI=1S/C15H14ClNO/c16-14-6-3-12(4-7-14)5-8-15(18)10-13-2-1-9-17-11-13/h1-4,6-7,9,11H,5,8,10H2. The van der Waals surface area contributed by atoms with Crippen LogP contribution in [-0.4, -0.2) is 10.8 Å². The Morgan fingerprint density at radius 2 is 1.89 bits per heavy atom. The van der Waals surface area contributed by atoms with Crippen molar-refractivity contribution in [3.8, 4) is 0 Å². The first-order valence-electron chi connectivity index (χ1n) is 5.89. The summed E-state index contributed by atoms with van der Waals surface area (Å²) in [6.45, 7) is 0. The third kappa shape index (κ3) is 3.97. The Balaban J connectivity index is 1.83. The molecule has 0 saturated carbocycles. The van der Waals surface area contributed by atoms with Gasteiger partial charge in [0.15, 0.2) is 0 Å². The molecule has 0 bridgehead atoms. The molecule has 0 amide bonds. The number of rotatable bonds is 5. The summed E-state index contributed by atoms with van der Waals surface area (Å²) in [6, 6.07) is 11.4. The highest BCUT2D eigenvalue weighted by atomic mass is 35.5. The molecule has 0 fully saturated rings. The zero-order chi connectivity index (χ0) is 12.8. The highest BCUT2D eigenvalue weighted by molar-refractivity contribution is 6.30. The number of benzene rings is 1. The van der Waals surface area contributed by atoms with Crippen molar-refractivity contribution >= 4 is 17.4 Å². The predicted octanol–water partition coefficient (Wildman–Crippen LogP) is 3.48. The lowest BCUT2D eigenvalue weighted by Crippen LogP contribution is -2.04. The topological polar surface area (TPSA) is 30.0 Å². The van der Waals surface area contributed by atoms with Gasteiger partial charge in [0, 0.05) is 30.3 Å². The fourth-order valence-corrected chi connectivity index (χ4v) is 1.88. The van der Waals surface area contributed by atoms with Gasteiger partial charge in [-0.3, -0.25) is 9.78 Å². The lowest BCUT2D eigenvalue weighted by molar-refractivity contribution is -0.118. The van der Waals surface area contributed by atoms with Gasteiger partial charge in [-0.05, 0) is 35.7 Å². The van der Waals surface area contributed by atoms with Crippen LogP contribution in [0.5, 0.6) is 0 Å². The number of pyridine rings is 1. The number of carbonyl (C=O) groups is 1. The Kier molecular flexibility index (Phi) is 4.48. The highest BCUT2D eigenvalue weighted by Crippen LogP contribution is 2.11. The Hall–Kier alpha value is -1.67. The molecule has 0 N–H and O–H groups in total. The van der Waals surface area contributed by atoms with Crippen LogP contribution in [0.25, 0.3) is 0 Å². The number of Topliss-reactive ketones (excluding diaryl/α,β-unsaturated/α-hetero) is 1. The molecule has 0 aliphatic heterocycles. The van der Waals surface area contributed by atoms with Crippen LogP contribution in [0.3, 0.4) is 0 Å². The van der Waals surface area contributed by atoms with E-state index in [-0.39, 0.29) is 5.78 Å². The van der Waals surface area contributed by atoms with Gasteiger partial charge in [0.05, 0.1) is 0 Å². The van der Waals surface area contributed by atoms with Crippen LogP contribution in [0.15, 0.2) is 48.8 Å². The molecule has 2 nitrogen and oxygen atoms in total. The van der Waals surface area contributed by atoms with Crippen LogP contribution >= 0.6 is 11.6 Å². The number of aryl methyl sites for hydroxylation is 1. The second kappa shape index (κ2) is 6.31. The average Bonchev–Trinajstić information content (AvgIpc) is 2.39. The molecule has 0 aliphatic carbocycles. The molecule has 1 aromatic carbocycles. The Morgan fingerprint density at radius 1 is 1.11 bits per heavy atom. The van der Waals surface area contributed by atoms with E-state index in [9.17, 15) is 4.79 Å². The molecule has 0 atom stereocenters. The van der Waals surface area contributed by atoms with Crippen molar-refractivity contribution in [3.05, 3.63) is 64.9 Å². The second-order valence-corrected chi connectivity index (χ2v) is 4.64. The number of hydrogen-bond donors (Lipinski definition) is 0. The largest absolute Gasteiger partial charge is 0.299 e. The van der Waals surface area contributed by atoms with Gasteiger partial charge in [0.25, 0.3) is 0 Å². The summed E-state index contributed by atoms with van der Waals surface area (Å²) in [5.41, 5.74) is 2.11. The number of aromatic nitrogens is 1. The first-order chi connectivity index (χ1) is 8.74. The zero-order valence-electron chi connectivity index (χ0n) is 9.97. The Bertz CT molecular complexity index is 508. The second-order valence-electron chi connectivity index (χ2n) is 4.20. The quantitative estimate of drug-likeness (QED) is 0.823. The molecule has 1 heterocycles. The van der Waals surface area contributed by atoms with E-state index in [4.69, 9.17) is 11.6 Å². The molecular formula is C15H14ClNO. The number of hydrogen-bond acceptors (Lipinski definition) is 2. The van der Waals surface area contributed by atoms with Gasteiger partial charge in [0.1, 0.15) is 5.78 Å². The van der Waals surface area contributed by atoms with Crippen molar-refractivity contribution in [2.75, 3.05) is 0 Å². The van der Waals surface area contributed by atoms with Crippen LogP contribution in [-0.2, 0) is 17.6 Å². The van der Waals surface area contributed by atoms with Crippen LogP contribution in [0.2, 0.25) is 5.02 Å². The fourth-order valence-electron chi connectivity index (χ4n) is 1.75. The van der Waals surface area contributed by atoms with Gasteiger partial charge >= 0.3 is 0 Å². The van der Waals surface area contributed by atoms with Crippen molar-refractivity contribution in [3.63, 3.8) is 0 Å². The average molecular weight is 260 g/mol. The van der Waals surface area contributed by atoms with Crippen LogP contribution < -0.4 is 0 Å².